The molecule has 0 amide bonds. The lowest BCUT2D eigenvalue weighted by atomic mass is 10.2. The van der Waals surface area contributed by atoms with Crippen LogP contribution in [0, 0.1) is 0 Å². The quantitative estimate of drug-likeness (QED) is 0.781. The summed E-state index contributed by atoms with van der Waals surface area (Å²) in [6.45, 7) is 0.261. The van der Waals surface area contributed by atoms with Crippen molar-refractivity contribution in [1.82, 2.24) is 4.72 Å². The first kappa shape index (κ1) is 15.5. The number of ether oxygens (including phenoxy) is 1. The van der Waals surface area contributed by atoms with Gasteiger partial charge in [-0.2, -0.15) is 0 Å². The highest BCUT2D eigenvalue weighted by molar-refractivity contribution is 7.89. The molecule has 0 radical (unpaired) electrons. The first-order valence-electron chi connectivity index (χ1n) is 6.53. The van der Waals surface area contributed by atoms with Crippen molar-refractivity contribution in [2.75, 3.05) is 13.7 Å². The van der Waals surface area contributed by atoms with Crippen LogP contribution >= 0.6 is 0 Å². The number of benzene rings is 1. The number of carboxylic acids is 1. The van der Waals surface area contributed by atoms with Crippen molar-refractivity contribution in [2.24, 2.45) is 0 Å². The highest BCUT2D eigenvalue weighted by Crippen LogP contribution is 2.23. The molecule has 0 saturated heterocycles. The number of allylic oxidation sites excluding steroid dienone is 1. The predicted octanol–water partition coefficient (Wildman–Crippen LogP) is 1.78. The molecule has 0 saturated carbocycles. The Morgan fingerprint density at radius 1 is 1.43 bits per heavy atom. The van der Waals surface area contributed by atoms with Crippen LogP contribution in [-0.4, -0.2) is 33.1 Å². The molecule has 114 valence electrons. The Hall–Kier alpha value is -1.86. The second-order valence-corrected chi connectivity index (χ2v) is 6.51. The maximum absolute atomic E-state index is 12.2. The lowest BCUT2D eigenvalue weighted by molar-refractivity contribution is 0.0693. The lowest BCUT2D eigenvalue weighted by Gasteiger charge is -2.10. The van der Waals surface area contributed by atoms with Crippen LogP contribution in [-0.2, 0) is 10.0 Å². The number of nitrogens with one attached hydrogen (secondary N) is 1. The zero-order chi connectivity index (χ0) is 15.5. The number of rotatable bonds is 6. The maximum atomic E-state index is 12.2. The van der Waals surface area contributed by atoms with Gasteiger partial charge in [-0.25, -0.2) is 17.9 Å². The molecule has 0 aliphatic heterocycles. The maximum Gasteiger partial charge on any atom is 0.339 e. The molecule has 2 N–H and O–H groups in total. The summed E-state index contributed by atoms with van der Waals surface area (Å²) in [5.74, 6) is -1.11. The van der Waals surface area contributed by atoms with Crippen LogP contribution in [0.2, 0.25) is 0 Å². The number of carboxylic acid groups (broad SMARTS) is 1. The smallest absolute Gasteiger partial charge is 0.339 e. The number of hydrogen-bond acceptors (Lipinski definition) is 4. The van der Waals surface area contributed by atoms with Crippen LogP contribution in [0.15, 0.2) is 34.7 Å². The molecular formula is C14H17NO5S. The molecule has 1 aromatic carbocycles. The summed E-state index contributed by atoms with van der Waals surface area (Å²) in [6, 6.07) is 3.77. The minimum Gasteiger partial charge on any atom is -0.496 e. The van der Waals surface area contributed by atoms with Crippen molar-refractivity contribution >= 4 is 16.0 Å². The third-order valence-corrected chi connectivity index (χ3v) is 4.73. The van der Waals surface area contributed by atoms with Crippen molar-refractivity contribution in [2.45, 2.75) is 24.2 Å². The van der Waals surface area contributed by atoms with E-state index in [1.165, 1.54) is 19.2 Å². The lowest BCUT2D eigenvalue weighted by Crippen LogP contribution is -2.26. The summed E-state index contributed by atoms with van der Waals surface area (Å²) < 4.78 is 31.8. The van der Waals surface area contributed by atoms with Crippen LogP contribution in [0.5, 0.6) is 5.75 Å². The van der Waals surface area contributed by atoms with E-state index in [9.17, 15) is 13.2 Å². The number of aromatic carboxylic acids is 1. The zero-order valence-electron chi connectivity index (χ0n) is 11.6. The molecule has 0 unspecified atom stereocenters. The summed E-state index contributed by atoms with van der Waals surface area (Å²) in [7, 11) is -2.40. The van der Waals surface area contributed by atoms with Gasteiger partial charge in [0.05, 0.1) is 12.0 Å². The summed E-state index contributed by atoms with van der Waals surface area (Å²) in [6.07, 6.45) is 4.94. The van der Waals surface area contributed by atoms with Crippen molar-refractivity contribution in [1.29, 1.82) is 0 Å². The fraction of sp³-hybridized carbons (Fsp3) is 0.357. The van der Waals surface area contributed by atoms with Gasteiger partial charge < -0.3 is 9.84 Å². The fourth-order valence-corrected chi connectivity index (χ4v) is 3.25. The van der Waals surface area contributed by atoms with Gasteiger partial charge >= 0.3 is 5.97 Å². The second-order valence-electron chi connectivity index (χ2n) is 4.75. The number of carbonyl (C=O) groups is 1. The Morgan fingerprint density at radius 2 is 2.19 bits per heavy atom. The van der Waals surface area contributed by atoms with Crippen LogP contribution in [0.25, 0.3) is 0 Å². The standard InChI is InChI=1S/C14H17NO5S/c1-20-13-7-6-11(8-12(13)14(16)17)21(18,19)15-9-10-4-2-3-5-10/h4,6-8,15H,2-3,5,9H2,1H3,(H,16,17). The van der Waals surface area contributed by atoms with Gasteiger partial charge in [-0.1, -0.05) is 11.6 Å². The SMILES string of the molecule is COc1ccc(S(=O)(=O)NCC2=CCCC2)cc1C(=O)O. The Kier molecular flexibility index (Phi) is 4.64. The van der Waals surface area contributed by atoms with Crippen molar-refractivity contribution < 1.29 is 23.1 Å². The van der Waals surface area contributed by atoms with E-state index in [-0.39, 0.29) is 22.8 Å². The molecule has 0 bridgehead atoms. The van der Waals surface area contributed by atoms with Gasteiger partial charge in [0, 0.05) is 6.54 Å². The van der Waals surface area contributed by atoms with E-state index in [4.69, 9.17) is 9.84 Å². The molecule has 2 rings (SSSR count). The van der Waals surface area contributed by atoms with Gasteiger partial charge in [-0.15, -0.1) is 0 Å². The van der Waals surface area contributed by atoms with E-state index in [1.807, 2.05) is 6.08 Å². The van der Waals surface area contributed by atoms with Crippen molar-refractivity contribution in [3.05, 3.63) is 35.4 Å². The van der Waals surface area contributed by atoms with E-state index in [2.05, 4.69) is 4.72 Å². The Morgan fingerprint density at radius 3 is 2.76 bits per heavy atom. The molecule has 1 aliphatic rings. The summed E-state index contributed by atoms with van der Waals surface area (Å²) >= 11 is 0. The molecule has 1 aromatic rings. The third kappa shape index (κ3) is 3.62. The molecule has 0 aromatic heterocycles. The monoisotopic (exact) mass is 311 g/mol. The average molecular weight is 311 g/mol. The average Bonchev–Trinajstić information content (AvgIpc) is 2.97. The van der Waals surface area contributed by atoms with Gasteiger partial charge in [0.25, 0.3) is 0 Å². The number of hydrogen-bond donors (Lipinski definition) is 2. The van der Waals surface area contributed by atoms with Gasteiger partial charge in [-0.05, 0) is 37.5 Å². The molecule has 0 heterocycles. The van der Waals surface area contributed by atoms with E-state index in [1.54, 1.807) is 0 Å². The Labute approximate surface area is 123 Å². The third-order valence-electron chi connectivity index (χ3n) is 3.34. The second kappa shape index (κ2) is 6.28. The van der Waals surface area contributed by atoms with E-state index in [0.29, 0.717) is 0 Å². The largest absolute Gasteiger partial charge is 0.496 e. The molecule has 0 atom stereocenters. The molecular weight excluding hydrogens is 294 g/mol. The molecule has 6 nitrogen and oxygen atoms in total. The summed E-state index contributed by atoms with van der Waals surface area (Å²) in [5, 5.41) is 9.09. The summed E-state index contributed by atoms with van der Waals surface area (Å²) in [5.41, 5.74) is 0.881. The van der Waals surface area contributed by atoms with Gasteiger partial charge in [0.2, 0.25) is 10.0 Å². The number of sulfonamides is 1. The minimum absolute atomic E-state index is 0.0840. The predicted molar refractivity (Wildman–Crippen MR) is 77.1 cm³/mol. The van der Waals surface area contributed by atoms with Crippen LogP contribution in [0.3, 0.4) is 0 Å². The molecule has 7 heteroatoms. The minimum atomic E-state index is -3.74. The van der Waals surface area contributed by atoms with Gasteiger partial charge in [0.15, 0.2) is 0 Å². The first-order chi connectivity index (χ1) is 9.94. The topological polar surface area (TPSA) is 92.7 Å². The van der Waals surface area contributed by atoms with E-state index in [0.717, 1.165) is 30.9 Å². The first-order valence-corrected chi connectivity index (χ1v) is 8.01. The number of methoxy groups -OCH3 is 1. The molecule has 0 fully saturated rings. The molecule has 0 spiro atoms. The Balaban J connectivity index is 2.23. The molecule has 1 aliphatic carbocycles. The van der Waals surface area contributed by atoms with E-state index < -0.39 is 16.0 Å². The highest BCUT2D eigenvalue weighted by Gasteiger charge is 2.19. The Bertz CT molecular complexity index is 679. The highest BCUT2D eigenvalue weighted by atomic mass is 32.2. The zero-order valence-corrected chi connectivity index (χ0v) is 12.4. The fourth-order valence-electron chi connectivity index (χ4n) is 2.19. The normalized spacial score (nSPS) is 14.8. The van der Waals surface area contributed by atoms with Crippen LogP contribution in [0.1, 0.15) is 29.6 Å². The van der Waals surface area contributed by atoms with Crippen LogP contribution in [0.4, 0.5) is 0 Å². The van der Waals surface area contributed by atoms with Gasteiger partial charge in [0.1, 0.15) is 11.3 Å². The van der Waals surface area contributed by atoms with Crippen LogP contribution < -0.4 is 9.46 Å². The van der Waals surface area contributed by atoms with Crippen molar-refractivity contribution in [3.8, 4) is 5.75 Å². The van der Waals surface area contributed by atoms with E-state index >= 15 is 0 Å². The van der Waals surface area contributed by atoms with Crippen molar-refractivity contribution in [3.63, 3.8) is 0 Å². The molecule has 21 heavy (non-hydrogen) atoms. The summed E-state index contributed by atoms with van der Waals surface area (Å²) in [4.78, 5) is 11.0. The van der Waals surface area contributed by atoms with Gasteiger partial charge in [-0.3, -0.25) is 0 Å².